The topological polar surface area (TPSA) is 71.9 Å². The van der Waals surface area contributed by atoms with E-state index in [4.69, 9.17) is 10.5 Å². The van der Waals surface area contributed by atoms with E-state index >= 15 is 0 Å². The van der Waals surface area contributed by atoms with Crippen LogP contribution >= 0.6 is 0 Å². The summed E-state index contributed by atoms with van der Waals surface area (Å²) >= 11 is 0. The SMILES string of the molecule is CCN1CCC2(CCCN2C[C@@H]2CC[C@H](c3ccc4c(N)ncnn34)O2)CC1. The molecule has 0 radical (unpaired) electrons. The van der Waals surface area contributed by atoms with E-state index in [0.717, 1.165) is 30.6 Å². The molecule has 3 saturated heterocycles. The van der Waals surface area contributed by atoms with Crippen molar-refractivity contribution < 1.29 is 4.74 Å². The molecule has 1 spiro atoms. The van der Waals surface area contributed by atoms with Crippen molar-refractivity contribution in [2.75, 3.05) is 38.5 Å². The van der Waals surface area contributed by atoms with Crippen LogP contribution in [0.3, 0.4) is 0 Å². The summed E-state index contributed by atoms with van der Waals surface area (Å²) < 4.78 is 8.41. The van der Waals surface area contributed by atoms with Gasteiger partial charge in [0.15, 0.2) is 5.82 Å². The number of nitrogens with zero attached hydrogens (tertiary/aromatic N) is 5. The van der Waals surface area contributed by atoms with E-state index in [1.807, 2.05) is 10.6 Å². The lowest BCUT2D eigenvalue weighted by atomic mass is 9.84. The molecule has 7 heteroatoms. The van der Waals surface area contributed by atoms with Gasteiger partial charge in [-0.1, -0.05) is 6.92 Å². The molecular formula is C21H32N6O. The zero-order chi connectivity index (χ0) is 19.1. The summed E-state index contributed by atoms with van der Waals surface area (Å²) in [5.41, 5.74) is 8.37. The molecule has 28 heavy (non-hydrogen) atoms. The van der Waals surface area contributed by atoms with Gasteiger partial charge in [0.05, 0.1) is 11.8 Å². The van der Waals surface area contributed by atoms with Gasteiger partial charge in [0.25, 0.3) is 0 Å². The van der Waals surface area contributed by atoms with Crippen molar-refractivity contribution in [1.82, 2.24) is 24.4 Å². The minimum atomic E-state index is 0.0993. The minimum absolute atomic E-state index is 0.0993. The lowest BCUT2D eigenvalue weighted by molar-refractivity contribution is -0.0141. The van der Waals surface area contributed by atoms with Gasteiger partial charge in [-0.05, 0) is 76.8 Å². The normalized spacial score (nSPS) is 28.6. The lowest BCUT2D eigenvalue weighted by Crippen LogP contribution is -2.53. The predicted octanol–water partition coefficient (Wildman–Crippen LogP) is 2.48. The Bertz CT molecular complexity index is 827. The van der Waals surface area contributed by atoms with Gasteiger partial charge in [-0.15, -0.1) is 0 Å². The molecule has 0 aromatic carbocycles. The molecule has 0 aliphatic carbocycles. The van der Waals surface area contributed by atoms with Crippen LogP contribution in [0.4, 0.5) is 5.82 Å². The zero-order valence-electron chi connectivity index (χ0n) is 16.9. The third kappa shape index (κ3) is 3.09. The van der Waals surface area contributed by atoms with Crippen LogP contribution in [0.15, 0.2) is 18.5 Å². The molecule has 2 N–H and O–H groups in total. The van der Waals surface area contributed by atoms with E-state index in [2.05, 4.69) is 32.9 Å². The second-order valence-corrected chi connectivity index (χ2v) is 8.73. The Labute approximate surface area is 166 Å². The molecule has 5 rings (SSSR count). The van der Waals surface area contributed by atoms with E-state index in [1.165, 1.54) is 58.2 Å². The van der Waals surface area contributed by atoms with Crippen LogP contribution in [0.5, 0.6) is 0 Å². The molecule has 2 atom stereocenters. The van der Waals surface area contributed by atoms with Gasteiger partial charge in [-0.3, -0.25) is 4.90 Å². The quantitative estimate of drug-likeness (QED) is 0.873. The van der Waals surface area contributed by atoms with Gasteiger partial charge in [0.2, 0.25) is 0 Å². The molecule has 152 valence electrons. The summed E-state index contributed by atoms with van der Waals surface area (Å²) in [7, 11) is 0. The maximum atomic E-state index is 6.52. The molecular weight excluding hydrogens is 352 g/mol. The fourth-order valence-electron chi connectivity index (χ4n) is 5.65. The molecule has 5 heterocycles. The molecule has 3 aliphatic heterocycles. The monoisotopic (exact) mass is 384 g/mol. The second-order valence-electron chi connectivity index (χ2n) is 8.73. The first-order chi connectivity index (χ1) is 13.7. The van der Waals surface area contributed by atoms with Crippen molar-refractivity contribution in [3.8, 4) is 0 Å². The number of likely N-dealkylation sites (tertiary alicyclic amines) is 2. The summed E-state index contributed by atoms with van der Waals surface area (Å²) in [5.74, 6) is 0.522. The Hall–Kier alpha value is -1.70. The second kappa shape index (κ2) is 7.28. The van der Waals surface area contributed by atoms with Crippen molar-refractivity contribution in [2.45, 2.75) is 63.2 Å². The van der Waals surface area contributed by atoms with E-state index in [1.54, 1.807) is 0 Å². The lowest BCUT2D eigenvalue weighted by Gasteiger charge is -2.45. The molecule has 2 aromatic heterocycles. The maximum Gasteiger partial charge on any atom is 0.151 e. The van der Waals surface area contributed by atoms with Gasteiger partial charge >= 0.3 is 0 Å². The average molecular weight is 385 g/mol. The van der Waals surface area contributed by atoms with Crippen LogP contribution in [0, 0.1) is 0 Å². The van der Waals surface area contributed by atoms with Crippen LogP contribution in [0.25, 0.3) is 5.52 Å². The summed E-state index contributed by atoms with van der Waals surface area (Å²) in [4.78, 5) is 9.45. The smallest absolute Gasteiger partial charge is 0.151 e. The van der Waals surface area contributed by atoms with Gasteiger partial charge in [-0.25, -0.2) is 9.50 Å². The average Bonchev–Trinajstić information content (AvgIpc) is 3.43. The summed E-state index contributed by atoms with van der Waals surface area (Å²) in [6.07, 6.45) is 9.43. The van der Waals surface area contributed by atoms with Crippen molar-refractivity contribution in [3.05, 3.63) is 24.2 Å². The zero-order valence-corrected chi connectivity index (χ0v) is 16.9. The Morgan fingerprint density at radius 2 is 2.04 bits per heavy atom. The molecule has 0 bridgehead atoms. The highest BCUT2D eigenvalue weighted by Gasteiger charge is 2.44. The fourth-order valence-corrected chi connectivity index (χ4v) is 5.65. The van der Waals surface area contributed by atoms with Gasteiger partial charge < -0.3 is 15.4 Å². The predicted molar refractivity (Wildman–Crippen MR) is 109 cm³/mol. The minimum Gasteiger partial charge on any atom is -0.382 e. The number of nitrogen functional groups attached to an aromatic ring is 1. The van der Waals surface area contributed by atoms with E-state index < -0.39 is 0 Å². The first-order valence-electron chi connectivity index (χ1n) is 10.9. The molecule has 0 amide bonds. The van der Waals surface area contributed by atoms with E-state index in [9.17, 15) is 0 Å². The molecule has 0 saturated carbocycles. The Morgan fingerprint density at radius 1 is 1.18 bits per heavy atom. The van der Waals surface area contributed by atoms with E-state index in [-0.39, 0.29) is 6.10 Å². The molecule has 3 aliphatic rings. The van der Waals surface area contributed by atoms with Crippen LogP contribution in [-0.4, -0.2) is 68.8 Å². The summed E-state index contributed by atoms with van der Waals surface area (Å²) in [5, 5.41) is 4.39. The van der Waals surface area contributed by atoms with Crippen molar-refractivity contribution in [2.24, 2.45) is 0 Å². The largest absolute Gasteiger partial charge is 0.382 e. The molecule has 0 unspecified atom stereocenters. The Morgan fingerprint density at radius 3 is 2.86 bits per heavy atom. The third-order valence-corrected chi connectivity index (χ3v) is 7.35. The van der Waals surface area contributed by atoms with Gasteiger partial charge in [0, 0.05) is 12.1 Å². The highest BCUT2D eigenvalue weighted by atomic mass is 16.5. The first-order valence-corrected chi connectivity index (χ1v) is 10.9. The number of rotatable bonds is 4. The third-order valence-electron chi connectivity index (χ3n) is 7.35. The van der Waals surface area contributed by atoms with Gasteiger partial charge in [0.1, 0.15) is 17.9 Å². The number of ether oxygens (including phenoxy) is 1. The summed E-state index contributed by atoms with van der Waals surface area (Å²) in [6.45, 7) is 8.26. The number of fused-ring (bicyclic) bond motifs is 1. The van der Waals surface area contributed by atoms with Crippen molar-refractivity contribution >= 4 is 11.3 Å². The Balaban J connectivity index is 1.26. The van der Waals surface area contributed by atoms with Crippen LogP contribution < -0.4 is 5.73 Å². The van der Waals surface area contributed by atoms with Crippen LogP contribution in [0.1, 0.15) is 57.2 Å². The Kier molecular flexibility index (Phi) is 4.77. The van der Waals surface area contributed by atoms with Crippen molar-refractivity contribution in [1.29, 1.82) is 0 Å². The number of hydrogen-bond donors (Lipinski definition) is 1. The van der Waals surface area contributed by atoms with Gasteiger partial charge in [-0.2, -0.15) is 5.10 Å². The number of anilines is 1. The summed E-state index contributed by atoms with van der Waals surface area (Å²) in [6, 6.07) is 4.09. The molecule has 3 fully saturated rings. The highest BCUT2D eigenvalue weighted by Crippen LogP contribution is 2.41. The van der Waals surface area contributed by atoms with Crippen LogP contribution in [0.2, 0.25) is 0 Å². The molecule has 2 aromatic rings. The highest BCUT2D eigenvalue weighted by molar-refractivity contribution is 5.65. The fraction of sp³-hybridized carbons (Fsp3) is 0.714. The first kappa shape index (κ1) is 18.3. The number of aromatic nitrogens is 3. The molecule has 7 nitrogen and oxygen atoms in total. The maximum absolute atomic E-state index is 6.52. The van der Waals surface area contributed by atoms with E-state index in [0.29, 0.717) is 17.5 Å². The van der Waals surface area contributed by atoms with Crippen molar-refractivity contribution in [3.63, 3.8) is 0 Å². The number of hydrogen-bond acceptors (Lipinski definition) is 6. The standard InChI is InChI=1S/C21H32N6O/c1-2-25-12-9-21(10-13-25)8-3-11-26(21)14-16-4-7-19(28-16)17-5-6-18-20(22)23-15-24-27(17)18/h5-6,15-16,19H,2-4,7-14H2,1H3,(H2,22,23,24)/t16-,19+/m0/s1. The van der Waals surface area contributed by atoms with Crippen LogP contribution in [-0.2, 0) is 4.74 Å². The number of nitrogens with two attached hydrogens (primary N) is 1. The number of piperidine rings is 1.